The van der Waals surface area contributed by atoms with Crippen molar-refractivity contribution in [1.29, 1.82) is 0 Å². The van der Waals surface area contributed by atoms with Crippen molar-refractivity contribution in [1.82, 2.24) is 19.4 Å². The Hall–Kier alpha value is -2.43. The number of amides is 1. The van der Waals surface area contributed by atoms with Crippen LogP contribution in [0.3, 0.4) is 0 Å². The summed E-state index contributed by atoms with van der Waals surface area (Å²) >= 11 is 6.55. The van der Waals surface area contributed by atoms with Crippen LogP contribution in [-0.2, 0) is 23.6 Å². The van der Waals surface area contributed by atoms with Crippen LogP contribution in [0.2, 0.25) is 5.02 Å². The summed E-state index contributed by atoms with van der Waals surface area (Å²) in [5, 5.41) is 4.11. The van der Waals surface area contributed by atoms with Crippen LogP contribution in [0.1, 0.15) is 45.4 Å². The molecule has 11 heteroatoms. The number of aryl methyl sites for hydroxylation is 1. The highest BCUT2D eigenvalue weighted by atomic mass is 35.5. The Bertz CT molecular complexity index is 1320. The fourth-order valence-corrected chi connectivity index (χ4v) is 5.69. The van der Waals surface area contributed by atoms with Crippen molar-refractivity contribution in [3.05, 3.63) is 40.7 Å². The first-order chi connectivity index (χ1) is 15.3. The minimum Gasteiger partial charge on any atom is -0.305 e. The number of hydrogen-bond donors (Lipinski definition) is 1. The van der Waals surface area contributed by atoms with Gasteiger partial charge in [-0.05, 0) is 38.8 Å². The number of nitrogens with zero attached hydrogens (tertiary/aromatic N) is 5. The summed E-state index contributed by atoms with van der Waals surface area (Å²) in [5.74, 6) is -0.588. The monoisotopic (exact) mass is 464 g/mol. The van der Waals surface area contributed by atoms with Crippen molar-refractivity contribution in [3.8, 4) is 0 Å². The molecule has 0 saturated heterocycles. The highest BCUT2D eigenvalue weighted by Gasteiger charge is 2.44. The summed E-state index contributed by atoms with van der Waals surface area (Å²) in [6.07, 6.45) is 4.29. The second-order valence-electron chi connectivity index (χ2n) is 8.48. The molecule has 1 saturated carbocycles. The molecule has 1 fully saturated rings. The van der Waals surface area contributed by atoms with E-state index >= 15 is 0 Å². The Morgan fingerprint density at radius 1 is 1.39 bits per heavy atom. The van der Waals surface area contributed by atoms with Crippen LogP contribution in [0, 0.1) is 0 Å². The largest absolute Gasteiger partial charge is 0.305 e. The van der Waals surface area contributed by atoms with Crippen LogP contribution in [-0.4, -0.2) is 53.1 Å². The van der Waals surface area contributed by atoms with Gasteiger partial charge in [-0.2, -0.15) is 5.10 Å². The van der Waals surface area contributed by atoms with Crippen LogP contribution >= 0.6 is 11.6 Å². The van der Waals surface area contributed by atoms with Crippen molar-refractivity contribution in [3.63, 3.8) is 0 Å². The number of carbonyl (C=O) groups is 1. The van der Waals surface area contributed by atoms with Gasteiger partial charge in [0.05, 0.1) is 49.2 Å². The number of guanidine groups is 1. The Kier molecular flexibility index (Phi) is 3.98. The van der Waals surface area contributed by atoms with Crippen LogP contribution in [0.5, 0.6) is 0 Å². The van der Waals surface area contributed by atoms with Gasteiger partial charge in [-0.15, -0.1) is 0 Å². The Labute approximate surface area is 188 Å². The Balaban J connectivity index is 1.66. The number of aliphatic imine (C=N–C) groups is 1. The van der Waals surface area contributed by atoms with E-state index < -0.39 is 28.0 Å². The molecule has 1 amide bonds. The SMILES string of the molecule is [2H]C([2H])(c1cnn(C)c1)N1C(=O)c2cc(S(=O)(=O)NC3(C)CC3)cc(Cl)c2N2C1=NC[C@H]2C. The van der Waals surface area contributed by atoms with E-state index in [9.17, 15) is 13.2 Å². The molecule has 0 unspecified atom stereocenters. The second kappa shape index (κ2) is 6.78. The number of aromatic nitrogens is 2. The van der Waals surface area contributed by atoms with Crippen LogP contribution in [0.15, 0.2) is 34.4 Å². The van der Waals surface area contributed by atoms with Crippen molar-refractivity contribution in [2.24, 2.45) is 12.0 Å². The van der Waals surface area contributed by atoms with E-state index in [2.05, 4.69) is 14.8 Å². The van der Waals surface area contributed by atoms with Gasteiger partial charge in [-0.1, -0.05) is 11.6 Å². The van der Waals surface area contributed by atoms with Gasteiger partial charge in [0.15, 0.2) is 0 Å². The van der Waals surface area contributed by atoms with E-state index in [0.29, 0.717) is 12.2 Å². The molecule has 1 aromatic carbocycles. The number of fused-ring (bicyclic) bond motifs is 3. The maximum atomic E-state index is 13.7. The standard InChI is InChI=1S/C20H23ClN6O3S/c1-12-8-22-19-26(11-13-9-23-25(3)10-13)18(28)15-6-14(7-16(21)17(15)27(12)19)31(29,30)24-20(2)4-5-20/h6-7,9-10,12,24H,4-5,8,11H2,1-3H3/t12-/m1/s1/i11D2. The first-order valence-electron chi connectivity index (χ1n) is 10.9. The highest BCUT2D eigenvalue weighted by molar-refractivity contribution is 7.89. The maximum absolute atomic E-state index is 13.7. The molecule has 164 valence electrons. The average Bonchev–Trinajstić information content (AvgIpc) is 3.08. The zero-order chi connectivity index (χ0) is 23.9. The predicted octanol–water partition coefficient (Wildman–Crippen LogP) is 2.12. The van der Waals surface area contributed by atoms with Crippen molar-refractivity contribution < 1.29 is 16.0 Å². The van der Waals surface area contributed by atoms with E-state index in [1.165, 1.54) is 29.2 Å². The topological polar surface area (TPSA) is 99.9 Å². The molecule has 0 radical (unpaired) electrons. The molecular weight excluding hydrogens is 440 g/mol. The van der Waals surface area contributed by atoms with E-state index in [4.69, 9.17) is 14.3 Å². The number of anilines is 1. The lowest BCUT2D eigenvalue weighted by Gasteiger charge is -2.38. The summed E-state index contributed by atoms with van der Waals surface area (Å²) in [7, 11) is -2.28. The quantitative estimate of drug-likeness (QED) is 0.730. The molecule has 1 atom stereocenters. The molecule has 1 aliphatic carbocycles. The summed E-state index contributed by atoms with van der Waals surface area (Å²) in [6, 6.07) is 2.39. The Morgan fingerprint density at radius 3 is 2.77 bits per heavy atom. The molecule has 2 aromatic rings. The molecule has 1 aromatic heterocycles. The summed E-state index contributed by atoms with van der Waals surface area (Å²) in [5.41, 5.74) is 0.00461. The average molecular weight is 465 g/mol. The number of nitrogens with one attached hydrogen (secondary N) is 1. The van der Waals surface area contributed by atoms with E-state index in [0.717, 1.165) is 17.7 Å². The first-order valence-corrected chi connectivity index (χ1v) is 11.8. The van der Waals surface area contributed by atoms with E-state index in [-0.39, 0.29) is 33.0 Å². The summed E-state index contributed by atoms with van der Waals surface area (Å²) < 4.78 is 47.7. The minimum absolute atomic E-state index is 0.00397. The van der Waals surface area contributed by atoms with Gasteiger partial charge in [0.2, 0.25) is 16.0 Å². The normalized spacial score (nSPS) is 23.2. The van der Waals surface area contributed by atoms with Crippen LogP contribution in [0.4, 0.5) is 5.69 Å². The maximum Gasteiger partial charge on any atom is 0.263 e. The van der Waals surface area contributed by atoms with Gasteiger partial charge in [0.25, 0.3) is 5.91 Å². The number of sulfonamides is 1. The van der Waals surface area contributed by atoms with Crippen molar-refractivity contribution >= 4 is 39.2 Å². The number of rotatable bonds is 5. The third kappa shape index (κ3) is 3.42. The van der Waals surface area contributed by atoms with Gasteiger partial charge >= 0.3 is 0 Å². The summed E-state index contributed by atoms with van der Waals surface area (Å²) in [6.45, 7) is 1.74. The lowest BCUT2D eigenvalue weighted by molar-refractivity contribution is 0.0833. The first kappa shape index (κ1) is 18.2. The predicted molar refractivity (Wildman–Crippen MR) is 117 cm³/mol. The number of halogens is 1. The molecule has 0 bridgehead atoms. The lowest BCUT2D eigenvalue weighted by atomic mass is 10.1. The third-order valence-electron chi connectivity index (χ3n) is 5.70. The van der Waals surface area contributed by atoms with Gasteiger partial charge in [0.1, 0.15) is 0 Å². The fraction of sp³-hybridized carbons (Fsp3) is 0.450. The second-order valence-corrected chi connectivity index (χ2v) is 10.6. The minimum atomic E-state index is -3.93. The van der Waals surface area contributed by atoms with Crippen LogP contribution < -0.4 is 9.62 Å². The summed E-state index contributed by atoms with van der Waals surface area (Å²) in [4.78, 5) is 20.6. The van der Waals surface area contributed by atoms with Gasteiger partial charge < -0.3 is 4.90 Å². The van der Waals surface area contributed by atoms with E-state index in [1.54, 1.807) is 11.9 Å². The molecule has 3 aliphatic rings. The molecule has 5 rings (SSSR count). The molecule has 9 nitrogen and oxygen atoms in total. The van der Waals surface area contributed by atoms with Crippen LogP contribution in [0.25, 0.3) is 0 Å². The zero-order valence-corrected chi connectivity index (χ0v) is 18.8. The molecule has 1 N–H and O–H groups in total. The third-order valence-corrected chi connectivity index (χ3v) is 7.61. The van der Waals surface area contributed by atoms with Gasteiger partial charge in [0, 0.05) is 24.3 Å². The number of benzene rings is 1. The van der Waals surface area contributed by atoms with Gasteiger partial charge in [-0.3, -0.25) is 19.4 Å². The highest BCUT2D eigenvalue weighted by Crippen LogP contribution is 2.42. The van der Waals surface area contributed by atoms with Gasteiger partial charge in [-0.25, -0.2) is 13.1 Å². The number of carbonyl (C=O) groups excluding carboxylic acids is 1. The fourth-order valence-electron chi connectivity index (χ4n) is 3.80. The number of hydrogen-bond acceptors (Lipinski definition) is 6. The Morgan fingerprint density at radius 2 is 2.13 bits per heavy atom. The molecule has 0 spiro atoms. The lowest BCUT2D eigenvalue weighted by Crippen LogP contribution is -2.52. The molecular formula is C20H23ClN6O3S. The smallest absolute Gasteiger partial charge is 0.263 e. The van der Waals surface area contributed by atoms with Crippen molar-refractivity contribution in [2.45, 2.75) is 49.7 Å². The van der Waals surface area contributed by atoms with Crippen molar-refractivity contribution in [2.75, 3.05) is 11.4 Å². The van der Waals surface area contributed by atoms with E-state index in [1.807, 2.05) is 13.8 Å². The molecule has 3 heterocycles. The molecule has 2 aliphatic heterocycles. The zero-order valence-electron chi connectivity index (χ0n) is 19.3. The molecule has 31 heavy (non-hydrogen) atoms.